The molecule has 1 unspecified atom stereocenters. The summed E-state index contributed by atoms with van der Waals surface area (Å²) in [7, 11) is 0. The molecule has 3 heteroatoms. The molecular weight excluding hydrogens is 260 g/mol. The van der Waals surface area contributed by atoms with Gasteiger partial charge in [0, 0.05) is 19.0 Å². The molecule has 1 spiro atoms. The van der Waals surface area contributed by atoms with Crippen LogP contribution in [-0.2, 0) is 11.3 Å². The summed E-state index contributed by atoms with van der Waals surface area (Å²) >= 11 is 0. The molecule has 3 rings (SSSR count). The number of amides is 1. The SMILES string of the molecule is CCN(Cc1ccccc1C)C(=O)C1CC12CCNCC2. The normalized spacial score (nSPS) is 23.0. The Morgan fingerprint density at radius 1 is 1.33 bits per heavy atom. The summed E-state index contributed by atoms with van der Waals surface area (Å²) in [5.41, 5.74) is 2.88. The molecule has 1 aromatic rings. The lowest BCUT2D eigenvalue weighted by molar-refractivity contribution is -0.134. The summed E-state index contributed by atoms with van der Waals surface area (Å²) < 4.78 is 0. The predicted molar refractivity (Wildman–Crippen MR) is 84.9 cm³/mol. The second-order valence-electron chi connectivity index (χ2n) is 6.65. The summed E-state index contributed by atoms with van der Waals surface area (Å²) in [5.74, 6) is 0.659. The fourth-order valence-electron chi connectivity index (χ4n) is 3.73. The van der Waals surface area contributed by atoms with E-state index in [-0.39, 0.29) is 5.92 Å². The third kappa shape index (κ3) is 2.84. The van der Waals surface area contributed by atoms with Crippen LogP contribution >= 0.6 is 0 Å². The standard InChI is InChI=1S/C18H26N2O/c1-3-20(13-15-7-5-4-6-14(15)2)17(21)16-12-18(16)8-10-19-11-9-18/h4-7,16,19H,3,8-13H2,1-2H3. The van der Waals surface area contributed by atoms with Gasteiger partial charge in [-0.15, -0.1) is 0 Å². The van der Waals surface area contributed by atoms with Gasteiger partial charge in [0.1, 0.15) is 0 Å². The number of rotatable bonds is 4. The number of nitrogens with one attached hydrogen (secondary N) is 1. The first kappa shape index (κ1) is 14.6. The van der Waals surface area contributed by atoms with E-state index < -0.39 is 0 Å². The number of aryl methyl sites for hydroxylation is 1. The maximum absolute atomic E-state index is 12.8. The van der Waals surface area contributed by atoms with Gasteiger partial charge in [0.25, 0.3) is 0 Å². The smallest absolute Gasteiger partial charge is 0.226 e. The molecule has 0 bridgehead atoms. The highest BCUT2D eigenvalue weighted by atomic mass is 16.2. The summed E-state index contributed by atoms with van der Waals surface area (Å²) in [4.78, 5) is 14.9. The Morgan fingerprint density at radius 3 is 2.71 bits per heavy atom. The molecule has 1 aliphatic heterocycles. The highest BCUT2D eigenvalue weighted by Gasteiger charge is 2.58. The van der Waals surface area contributed by atoms with Crippen molar-refractivity contribution in [3.63, 3.8) is 0 Å². The Morgan fingerprint density at radius 2 is 2.05 bits per heavy atom. The van der Waals surface area contributed by atoms with Gasteiger partial charge in [-0.25, -0.2) is 0 Å². The Kier molecular flexibility index (Phi) is 4.03. The summed E-state index contributed by atoms with van der Waals surface area (Å²) in [6, 6.07) is 8.38. The molecule has 1 heterocycles. The second-order valence-corrected chi connectivity index (χ2v) is 6.65. The molecule has 1 aromatic carbocycles. The van der Waals surface area contributed by atoms with Gasteiger partial charge in [-0.05, 0) is 62.7 Å². The number of piperidine rings is 1. The third-order valence-electron chi connectivity index (χ3n) is 5.40. The Labute approximate surface area is 127 Å². The van der Waals surface area contributed by atoms with Gasteiger partial charge in [0.05, 0.1) is 0 Å². The minimum absolute atomic E-state index is 0.281. The topological polar surface area (TPSA) is 32.3 Å². The molecule has 2 aliphatic rings. The van der Waals surface area contributed by atoms with Crippen molar-refractivity contribution in [1.82, 2.24) is 10.2 Å². The van der Waals surface area contributed by atoms with Crippen LogP contribution in [0, 0.1) is 18.3 Å². The fourth-order valence-corrected chi connectivity index (χ4v) is 3.73. The first-order valence-electron chi connectivity index (χ1n) is 8.20. The van der Waals surface area contributed by atoms with Crippen molar-refractivity contribution < 1.29 is 4.79 Å². The predicted octanol–water partition coefficient (Wildman–Crippen LogP) is 2.73. The molecule has 1 saturated carbocycles. The van der Waals surface area contributed by atoms with E-state index in [0.29, 0.717) is 11.3 Å². The van der Waals surface area contributed by atoms with E-state index >= 15 is 0 Å². The summed E-state index contributed by atoms with van der Waals surface area (Å²) in [6.07, 6.45) is 3.45. The van der Waals surface area contributed by atoms with Gasteiger partial charge in [0.15, 0.2) is 0 Å². The number of carbonyl (C=O) groups excluding carboxylic acids is 1. The van der Waals surface area contributed by atoms with Crippen LogP contribution < -0.4 is 5.32 Å². The minimum atomic E-state index is 0.281. The molecular formula is C18H26N2O. The molecule has 2 fully saturated rings. The molecule has 1 saturated heterocycles. The van der Waals surface area contributed by atoms with Crippen LogP contribution in [0.2, 0.25) is 0 Å². The number of benzene rings is 1. The monoisotopic (exact) mass is 286 g/mol. The highest BCUT2D eigenvalue weighted by Crippen LogP contribution is 2.59. The van der Waals surface area contributed by atoms with Gasteiger partial charge in [0.2, 0.25) is 5.91 Å². The largest absolute Gasteiger partial charge is 0.338 e. The average Bonchev–Trinajstić information content (AvgIpc) is 3.19. The zero-order chi connectivity index (χ0) is 14.9. The highest BCUT2D eigenvalue weighted by molar-refractivity contribution is 5.82. The lowest BCUT2D eigenvalue weighted by atomic mass is 9.91. The number of nitrogens with zero attached hydrogens (tertiary/aromatic N) is 1. The lowest BCUT2D eigenvalue weighted by Crippen LogP contribution is -2.36. The number of carbonyl (C=O) groups is 1. The molecule has 114 valence electrons. The Balaban J connectivity index is 1.67. The second kappa shape index (κ2) is 5.80. The van der Waals surface area contributed by atoms with E-state index in [0.717, 1.165) is 32.6 Å². The zero-order valence-electron chi connectivity index (χ0n) is 13.2. The van der Waals surface area contributed by atoms with E-state index in [9.17, 15) is 4.79 Å². The Hall–Kier alpha value is -1.35. The van der Waals surface area contributed by atoms with Crippen LogP contribution in [0.4, 0.5) is 0 Å². The van der Waals surface area contributed by atoms with Crippen molar-refractivity contribution in [3.05, 3.63) is 35.4 Å². The van der Waals surface area contributed by atoms with Crippen molar-refractivity contribution in [3.8, 4) is 0 Å². The molecule has 1 N–H and O–H groups in total. The fraction of sp³-hybridized carbons (Fsp3) is 0.611. The van der Waals surface area contributed by atoms with E-state index in [1.807, 2.05) is 4.90 Å². The first-order chi connectivity index (χ1) is 10.2. The van der Waals surface area contributed by atoms with Gasteiger partial charge < -0.3 is 10.2 Å². The maximum Gasteiger partial charge on any atom is 0.226 e. The van der Waals surface area contributed by atoms with E-state index in [4.69, 9.17) is 0 Å². The van der Waals surface area contributed by atoms with Crippen molar-refractivity contribution in [2.75, 3.05) is 19.6 Å². The van der Waals surface area contributed by atoms with Crippen LogP contribution in [0.1, 0.15) is 37.3 Å². The van der Waals surface area contributed by atoms with Crippen molar-refractivity contribution >= 4 is 5.91 Å². The van der Waals surface area contributed by atoms with Gasteiger partial charge in [-0.2, -0.15) is 0 Å². The van der Waals surface area contributed by atoms with Crippen LogP contribution in [0.5, 0.6) is 0 Å². The molecule has 3 nitrogen and oxygen atoms in total. The van der Waals surface area contributed by atoms with Crippen molar-refractivity contribution in [2.24, 2.45) is 11.3 Å². The molecule has 1 amide bonds. The van der Waals surface area contributed by atoms with Gasteiger partial charge in [-0.3, -0.25) is 4.79 Å². The van der Waals surface area contributed by atoms with Gasteiger partial charge >= 0.3 is 0 Å². The maximum atomic E-state index is 12.8. The van der Waals surface area contributed by atoms with Crippen LogP contribution in [-0.4, -0.2) is 30.4 Å². The average molecular weight is 286 g/mol. The minimum Gasteiger partial charge on any atom is -0.338 e. The van der Waals surface area contributed by atoms with E-state index in [1.54, 1.807) is 0 Å². The molecule has 21 heavy (non-hydrogen) atoms. The van der Waals surface area contributed by atoms with Crippen LogP contribution in [0.25, 0.3) is 0 Å². The van der Waals surface area contributed by atoms with Crippen LogP contribution in [0.3, 0.4) is 0 Å². The molecule has 0 radical (unpaired) electrons. The van der Waals surface area contributed by atoms with E-state index in [2.05, 4.69) is 43.4 Å². The molecule has 1 aliphatic carbocycles. The Bertz CT molecular complexity index is 520. The third-order valence-corrected chi connectivity index (χ3v) is 5.40. The summed E-state index contributed by atoms with van der Waals surface area (Å²) in [6.45, 7) is 7.93. The molecule has 1 atom stereocenters. The first-order valence-corrected chi connectivity index (χ1v) is 8.20. The van der Waals surface area contributed by atoms with Crippen molar-refractivity contribution in [2.45, 2.75) is 39.7 Å². The summed E-state index contributed by atoms with van der Waals surface area (Å²) in [5, 5.41) is 3.41. The lowest BCUT2D eigenvalue weighted by Gasteiger charge is -2.26. The molecule has 0 aromatic heterocycles. The zero-order valence-corrected chi connectivity index (χ0v) is 13.2. The number of hydrogen-bond acceptors (Lipinski definition) is 2. The van der Waals surface area contributed by atoms with E-state index in [1.165, 1.54) is 24.0 Å². The van der Waals surface area contributed by atoms with Crippen molar-refractivity contribution in [1.29, 1.82) is 0 Å². The van der Waals surface area contributed by atoms with Gasteiger partial charge in [-0.1, -0.05) is 24.3 Å². The number of hydrogen-bond donors (Lipinski definition) is 1. The van der Waals surface area contributed by atoms with Crippen LogP contribution in [0.15, 0.2) is 24.3 Å². The quantitative estimate of drug-likeness (QED) is 0.923.